The highest BCUT2D eigenvalue weighted by molar-refractivity contribution is 7.99. The quantitative estimate of drug-likeness (QED) is 0.669. The molecule has 3 rings (SSSR count). The molecule has 6 nitrogen and oxygen atoms in total. The number of hydrogen-bond acceptors (Lipinski definition) is 4. The van der Waals surface area contributed by atoms with Crippen LogP contribution in [0.2, 0.25) is 15.1 Å². The van der Waals surface area contributed by atoms with E-state index in [0.717, 1.165) is 19.6 Å². The summed E-state index contributed by atoms with van der Waals surface area (Å²) in [5, 5.41) is 1.15. The molecular formula is C17H12Cl3N3O3S. The molecule has 10 heteroatoms. The van der Waals surface area contributed by atoms with Gasteiger partial charge in [-0.3, -0.25) is 4.98 Å². The summed E-state index contributed by atoms with van der Waals surface area (Å²) in [5.74, 6) is 0. The molecule has 140 valence electrons. The normalized spacial score (nSPS) is 11.0. The summed E-state index contributed by atoms with van der Waals surface area (Å²) in [6, 6.07) is 8.33. The van der Waals surface area contributed by atoms with Gasteiger partial charge in [0.2, 0.25) is 0 Å². The van der Waals surface area contributed by atoms with Crippen molar-refractivity contribution in [1.29, 1.82) is 0 Å². The number of aromatic nitrogens is 3. The molecule has 3 aromatic rings. The van der Waals surface area contributed by atoms with E-state index in [2.05, 4.69) is 4.98 Å². The third kappa shape index (κ3) is 3.87. The summed E-state index contributed by atoms with van der Waals surface area (Å²) < 4.78 is 1.57. The van der Waals surface area contributed by atoms with Gasteiger partial charge in [0.05, 0.1) is 15.7 Å². The van der Waals surface area contributed by atoms with Crippen molar-refractivity contribution in [1.82, 2.24) is 14.1 Å². The molecule has 0 unspecified atom stereocenters. The van der Waals surface area contributed by atoms with Crippen LogP contribution in [0.1, 0.15) is 5.56 Å². The van der Waals surface area contributed by atoms with Crippen molar-refractivity contribution in [3.63, 3.8) is 0 Å². The van der Waals surface area contributed by atoms with Crippen LogP contribution in [0.3, 0.4) is 0 Å². The molecule has 27 heavy (non-hydrogen) atoms. The van der Waals surface area contributed by atoms with Gasteiger partial charge in [-0.1, -0.05) is 46.6 Å². The maximum Gasteiger partial charge on any atom is 0.340 e. The number of aromatic amines is 1. The lowest BCUT2D eigenvalue weighted by molar-refractivity contribution is 0.660. The lowest BCUT2D eigenvalue weighted by Gasteiger charge is -2.12. The maximum absolute atomic E-state index is 12.3. The van der Waals surface area contributed by atoms with Crippen LogP contribution in [0.5, 0.6) is 0 Å². The van der Waals surface area contributed by atoms with Gasteiger partial charge in [-0.15, -0.1) is 0 Å². The van der Waals surface area contributed by atoms with E-state index in [0.29, 0.717) is 9.92 Å². The van der Waals surface area contributed by atoms with Gasteiger partial charge in [0.15, 0.2) is 0 Å². The van der Waals surface area contributed by atoms with E-state index in [1.54, 1.807) is 6.07 Å². The van der Waals surface area contributed by atoms with Crippen molar-refractivity contribution in [3.8, 4) is 5.69 Å². The molecule has 1 N–H and O–H groups in total. The van der Waals surface area contributed by atoms with Crippen LogP contribution in [0.15, 0.2) is 54.5 Å². The summed E-state index contributed by atoms with van der Waals surface area (Å²) in [6.07, 6.45) is 0. The molecule has 0 saturated heterocycles. The van der Waals surface area contributed by atoms with Gasteiger partial charge in [0, 0.05) is 21.9 Å². The van der Waals surface area contributed by atoms with Crippen molar-refractivity contribution in [3.05, 3.63) is 82.4 Å². The van der Waals surface area contributed by atoms with Gasteiger partial charge in [0.25, 0.3) is 0 Å². The predicted octanol–water partition coefficient (Wildman–Crippen LogP) is 3.64. The van der Waals surface area contributed by atoms with E-state index in [9.17, 15) is 14.4 Å². The second kappa shape index (κ2) is 7.59. The molecule has 2 aromatic carbocycles. The average Bonchev–Trinajstić information content (AvgIpc) is 2.58. The molecule has 0 amide bonds. The Hall–Kier alpha value is -1.93. The van der Waals surface area contributed by atoms with Crippen LogP contribution in [-0.2, 0) is 7.05 Å². The Morgan fingerprint density at radius 2 is 1.59 bits per heavy atom. The van der Waals surface area contributed by atoms with Crippen molar-refractivity contribution in [2.45, 2.75) is 16.7 Å². The standard InChI is InChI=1S/C17H12Cl3N3O3S/c1-8-5-9(18)3-4-13(8)27-14-11(19)6-10(7-12(14)20)23-16(25)21-15(24)22(2)17(23)26/h3-7H,1-2H3,(H,21,24,25). The maximum atomic E-state index is 12.3. The molecule has 0 bridgehead atoms. The van der Waals surface area contributed by atoms with Gasteiger partial charge >= 0.3 is 17.1 Å². The van der Waals surface area contributed by atoms with Gasteiger partial charge in [0.1, 0.15) is 0 Å². The van der Waals surface area contributed by atoms with E-state index >= 15 is 0 Å². The van der Waals surface area contributed by atoms with E-state index in [4.69, 9.17) is 34.8 Å². The molecule has 0 fully saturated rings. The number of nitrogens with one attached hydrogen (secondary N) is 1. The number of hydrogen-bond donors (Lipinski definition) is 1. The minimum absolute atomic E-state index is 0.157. The number of aryl methyl sites for hydroxylation is 1. The van der Waals surface area contributed by atoms with Crippen molar-refractivity contribution >= 4 is 46.6 Å². The fraction of sp³-hybridized carbons (Fsp3) is 0.118. The molecule has 0 saturated carbocycles. The summed E-state index contributed by atoms with van der Waals surface area (Å²) in [4.78, 5) is 39.4. The van der Waals surface area contributed by atoms with Crippen LogP contribution in [0.25, 0.3) is 5.69 Å². The second-order valence-corrected chi connectivity index (χ2v) is 7.97. The summed E-state index contributed by atoms with van der Waals surface area (Å²) >= 11 is 20.0. The summed E-state index contributed by atoms with van der Waals surface area (Å²) in [5.41, 5.74) is -1.36. The van der Waals surface area contributed by atoms with Crippen LogP contribution in [0, 0.1) is 6.92 Å². The van der Waals surface area contributed by atoms with Crippen LogP contribution in [0.4, 0.5) is 0 Å². The third-order valence-electron chi connectivity index (χ3n) is 3.79. The monoisotopic (exact) mass is 443 g/mol. The molecule has 0 atom stereocenters. The highest BCUT2D eigenvalue weighted by atomic mass is 35.5. The van der Waals surface area contributed by atoms with Crippen LogP contribution in [-0.4, -0.2) is 14.1 Å². The molecule has 0 spiro atoms. The Balaban J connectivity index is 2.12. The first-order chi connectivity index (χ1) is 12.7. The Labute approximate surface area is 172 Å². The Bertz CT molecular complexity index is 1210. The van der Waals surface area contributed by atoms with E-state index in [1.165, 1.54) is 30.9 Å². The SMILES string of the molecule is Cc1cc(Cl)ccc1Sc1c(Cl)cc(-n2c(=O)[nH]c(=O)n(C)c2=O)cc1Cl. The zero-order valence-corrected chi connectivity index (χ0v) is 17.1. The highest BCUT2D eigenvalue weighted by Crippen LogP contribution is 2.41. The molecular weight excluding hydrogens is 433 g/mol. The van der Waals surface area contributed by atoms with E-state index < -0.39 is 17.1 Å². The number of benzene rings is 2. The van der Waals surface area contributed by atoms with Gasteiger partial charge in [-0.25, -0.2) is 23.5 Å². The Morgan fingerprint density at radius 3 is 2.19 bits per heavy atom. The lowest BCUT2D eigenvalue weighted by Crippen LogP contribution is -2.47. The summed E-state index contributed by atoms with van der Waals surface area (Å²) in [7, 11) is 1.26. The first-order valence-electron chi connectivity index (χ1n) is 7.55. The highest BCUT2D eigenvalue weighted by Gasteiger charge is 2.16. The van der Waals surface area contributed by atoms with E-state index in [-0.39, 0.29) is 15.7 Å². The minimum Gasteiger partial charge on any atom is -0.258 e. The van der Waals surface area contributed by atoms with Gasteiger partial charge in [-0.2, -0.15) is 0 Å². The molecule has 0 aliphatic rings. The van der Waals surface area contributed by atoms with Crippen LogP contribution >= 0.6 is 46.6 Å². The fourth-order valence-corrected chi connectivity index (χ4v) is 4.22. The van der Waals surface area contributed by atoms with Crippen molar-refractivity contribution in [2.75, 3.05) is 0 Å². The first kappa shape index (κ1) is 19.8. The lowest BCUT2D eigenvalue weighted by atomic mass is 10.2. The predicted molar refractivity (Wildman–Crippen MR) is 108 cm³/mol. The molecule has 0 radical (unpaired) electrons. The van der Waals surface area contributed by atoms with E-state index in [1.807, 2.05) is 19.1 Å². The molecule has 1 aromatic heterocycles. The van der Waals surface area contributed by atoms with Crippen LogP contribution < -0.4 is 17.1 Å². The van der Waals surface area contributed by atoms with Crippen molar-refractivity contribution < 1.29 is 0 Å². The smallest absolute Gasteiger partial charge is 0.258 e. The second-order valence-electron chi connectivity index (χ2n) is 5.66. The molecule has 0 aliphatic carbocycles. The topological polar surface area (TPSA) is 76.9 Å². The molecule has 1 heterocycles. The largest absolute Gasteiger partial charge is 0.340 e. The zero-order chi connectivity index (χ0) is 19.9. The number of rotatable bonds is 3. The van der Waals surface area contributed by atoms with Crippen molar-refractivity contribution in [2.24, 2.45) is 7.05 Å². The molecule has 0 aliphatic heterocycles. The van der Waals surface area contributed by atoms with Gasteiger partial charge < -0.3 is 0 Å². The first-order valence-corrected chi connectivity index (χ1v) is 9.50. The third-order valence-corrected chi connectivity index (χ3v) is 6.17. The Kier molecular flexibility index (Phi) is 5.58. The fourth-order valence-electron chi connectivity index (χ4n) is 2.39. The number of nitrogens with zero attached hydrogens (tertiary/aromatic N) is 2. The average molecular weight is 445 g/mol. The summed E-state index contributed by atoms with van der Waals surface area (Å²) in [6.45, 7) is 1.91. The zero-order valence-electron chi connectivity index (χ0n) is 14.0. The van der Waals surface area contributed by atoms with Gasteiger partial charge in [-0.05, 0) is 42.8 Å². The minimum atomic E-state index is -0.871. The Morgan fingerprint density at radius 1 is 0.963 bits per heavy atom. The number of H-pyrrole nitrogens is 1. The number of halogens is 3.